The summed E-state index contributed by atoms with van der Waals surface area (Å²) in [5, 5.41) is 7.44. The monoisotopic (exact) mass is 274 g/mol. The van der Waals surface area contributed by atoms with Crippen LogP contribution in [0.1, 0.15) is 0 Å². The average molecular weight is 274 g/mol. The summed E-state index contributed by atoms with van der Waals surface area (Å²) in [6.07, 6.45) is 0. The van der Waals surface area contributed by atoms with Gasteiger partial charge in [0.05, 0.1) is 11.4 Å². The zero-order chi connectivity index (χ0) is 13.4. The fraction of sp³-hybridized carbons (Fsp3) is 0. The number of nitrogen functional groups attached to an aromatic ring is 2. The van der Waals surface area contributed by atoms with Crippen LogP contribution in [0.5, 0.6) is 0 Å². The lowest BCUT2D eigenvalue weighted by Gasteiger charge is -2.11. The van der Waals surface area contributed by atoms with Crippen LogP contribution in [-0.2, 0) is 11.2 Å². The lowest BCUT2D eigenvalue weighted by Crippen LogP contribution is -2.05. The summed E-state index contributed by atoms with van der Waals surface area (Å²) in [4.78, 5) is 1.09. The van der Waals surface area contributed by atoms with Gasteiger partial charge < -0.3 is 16.0 Å². The Hall–Kier alpha value is -2.25. The van der Waals surface area contributed by atoms with Crippen molar-refractivity contribution >= 4 is 33.6 Å². The van der Waals surface area contributed by atoms with Crippen LogP contribution in [0.4, 0.5) is 11.4 Å². The molecule has 0 amide bonds. The van der Waals surface area contributed by atoms with E-state index < -0.39 is 11.2 Å². The van der Waals surface area contributed by atoms with Gasteiger partial charge in [0.1, 0.15) is 0 Å². The molecule has 0 radical (unpaired) electrons. The van der Waals surface area contributed by atoms with Gasteiger partial charge in [-0.2, -0.15) is 0 Å². The average Bonchev–Trinajstić information content (AvgIpc) is 2.93. The summed E-state index contributed by atoms with van der Waals surface area (Å²) in [6.45, 7) is 0. The minimum absolute atomic E-state index is 0.282. The molecule has 0 saturated carbocycles. The molecule has 96 valence electrons. The molecule has 3 rings (SSSR count). The molecule has 0 spiro atoms. The molecule has 1 aromatic heterocycles. The van der Waals surface area contributed by atoms with Crippen molar-refractivity contribution in [2.24, 2.45) is 0 Å². The third-order valence-electron chi connectivity index (χ3n) is 2.73. The maximum absolute atomic E-state index is 12.5. The molecule has 3 aromatic rings. The van der Waals surface area contributed by atoms with Crippen molar-refractivity contribution in [3.05, 3.63) is 36.4 Å². The van der Waals surface area contributed by atoms with Crippen molar-refractivity contribution in [1.29, 1.82) is 0 Å². The molecule has 6 nitrogen and oxygen atoms in total. The Morgan fingerprint density at radius 2 is 1.74 bits per heavy atom. The van der Waals surface area contributed by atoms with Gasteiger partial charge in [-0.05, 0) is 22.4 Å². The van der Waals surface area contributed by atoms with Gasteiger partial charge in [0.25, 0.3) is 0 Å². The van der Waals surface area contributed by atoms with Gasteiger partial charge in [0.15, 0.2) is 20.8 Å². The van der Waals surface area contributed by atoms with Crippen LogP contribution in [0, 0.1) is 0 Å². The minimum Gasteiger partial charge on any atom is -0.606 e. The van der Waals surface area contributed by atoms with E-state index in [9.17, 15) is 4.55 Å². The Bertz CT molecular complexity index is 729. The number of nitrogens with two attached hydrogens (primary N) is 2. The second-order valence-electron chi connectivity index (χ2n) is 3.92. The highest BCUT2D eigenvalue weighted by atomic mass is 32.2. The minimum atomic E-state index is -1.42. The number of nitrogens with zero attached hydrogens (tertiary/aromatic N) is 2. The second-order valence-corrected chi connectivity index (χ2v) is 5.37. The second kappa shape index (κ2) is 4.45. The third-order valence-corrected chi connectivity index (χ3v) is 4.14. The zero-order valence-electron chi connectivity index (χ0n) is 9.74. The molecule has 1 unspecified atom stereocenters. The van der Waals surface area contributed by atoms with E-state index in [0.717, 1.165) is 0 Å². The number of fused-ring (bicyclic) bond motifs is 1. The first kappa shape index (κ1) is 11.8. The standard InChI is InChI=1S/C12H10N4O2S/c13-8-6-9(11-12(10(8)14)16-18-15-11)19(17)7-4-2-1-3-5-7/h1-6H,13-14H2. The normalized spacial score (nSPS) is 12.7. The molecule has 0 aliphatic carbocycles. The van der Waals surface area contributed by atoms with Crippen LogP contribution in [-0.4, -0.2) is 14.9 Å². The molecular formula is C12H10N4O2S. The first-order valence-corrected chi connectivity index (χ1v) is 6.60. The van der Waals surface area contributed by atoms with E-state index in [0.29, 0.717) is 26.5 Å². The van der Waals surface area contributed by atoms with E-state index in [-0.39, 0.29) is 5.69 Å². The summed E-state index contributed by atoms with van der Waals surface area (Å²) in [6, 6.07) is 10.6. The van der Waals surface area contributed by atoms with E-state index >= 15 is 0 Å². The van der Waals surface area contributed by atoms with E-state index in [2.05, 4.69) is 14.9 Å². The van der Waals surface area contributed by atoms with Gasteiger partial charge in [-0.3, -0.25) is 0 Å². The van der Waals surface area contributed by atoms with Crippen molar-refractivity contribution in [3.8, 4) is 0 Å². The SMILES string of the molecule is Nc1cc([S+]([O-])c2ccccc2)c2nonc2c1N. The maximum atomic E-state index is 12.5. The van der Waals surface area contributed by atoms with Gasteiger partial charge in [-0.25, -0.2) is 4.63 Å². The number of aromatic nitrogens is 2. The van der Waals surface area contributed by atoms with Gasteiger partial charge in [-0.1, -0.05) is 18.2 Å². The van der Waals surface area contributed by atoms with Crippen molar-refractivity contribution in [2.45, 2.75) is 9.79 Å². The molecule has 1 atom stereocenters. The fourth-order valence-corrected chi connectivity index (χ4v) is 2.97. The molecule has 2 aromatic carbocycles. The predicted octanol–water partition coefficient (Wildman–Crippen LogP) is 1.55. The topological polar surface area (TPSA) is 114 Å². The summed E-state index contributed by atoms with van der Waals surface area (Å²) >= 11 is -1.42. The predicted molar refractivity (Wildman–Crippen MR) is 71.7 cm³/mol. The van der Waals surface area contributed by atoms with Gasteiger partial charge in [-0.15, -0.1) is 0 Å². The van der Waals surface area contributed by atoms with Gasteiger partial charge in [0.2, 0.25) is 0 Å². The Morgan fingerprint density at radius 1 is 1.05 bits per heavy atom. The van der Waals surface area contributed by atoms with E-state index in [1.807, 2.05) is 18.2 Å². The lowest BCUT2D eigenvalue weighted by molar-refractivity contribution is 0.315. The van der Waals surface area contributed by atoms with Crippen molar-refractivity contribution in [3.63, 3.8) is 0 Å². The molecule has 0 fully saturated rings. The fourth-order valence-electron chi connectivity index (χ4n) is 1.76. The van der Waals surface area contributed by atoms with Crippen LogP contribution >= 0.6 is 0 Å². The Labute approximate surface area is 111 Å². The molecule has 19 heavy (non-hydrogen) atoms. The van der Waals surface area contributed by atoms with Gasteiger partial charge in [0, 0.05) is 17.2 Å². The summed E-state index contributed by atoms with van der Waals surface area (Å²) < 4.78 is 17.2. The Kier molecular flexibility index (Phi) is 2.77. The van der Waals surface area contributed by atoms with Crippen molar-refractivity contribution in [2.75, 3.05) is 11.5 Å². The van der Waals surface area contributed by atoms with E-state index in [1.165, 1.54) is 0 Å². The first-order chi connectivity index (χ1) is 9.18. The zero-order valence-corrected chi connectivity index (χ0v) is 10.6. The summed E-state index contributed by atoms with van der Waals surface area (Å²) in [5.74, 6) is 0. The molecule has 4 N–H and O–H groups in total. The van der Waals surface area contributed by atoms with E-state index in [4.69, 9.17) is 11.5 Å². The van der Waals surface area contributed by atoms with Crippen LogP contribution < -0.4 is 11.5 Å². The quantitative estimate of drug-likeness (QED) is 0.541. The first-order valence-electron chi connectivity index (χ1n) is 5.45. The number of benzene rings is 2. The molecule has 0 aliphatic rings. The highest BCUT2D eigenvalue weighted by Crippen LogP contribution is 2.33. The largest absolute Gasteiger partial charge is 0.606 e. The summed E-state index contributed by atoms with van der Waals surface area (Å²) in [5.41, 5.74) is 12.9. The lowest BCUT2D eigenvalue weighted by atomic mass is 10.2. The number of hydrogen-bond acceptors (Lipinski definition) is 6. The smallest absolute Gasteiger partial charge is 0.192 e. The molecule has 0 saturated heterocycles. The third kappa shape index (κ3) is 1.88. The van der Waals surface area contributed by atoms with Crippen molar-refractivity contribution < 1.29 is 9.18 Å². The highest BCUT2D eigenvalue weighted by Gasteiger charge is 2.24. The van der Waals surface area contributed by atoms with Crippen LogP contribution in [0.25, 0.3) is 11.0 Å². The van der Waals surface area contributed by atoms with Crippen LogP contribution in [0.2, 0.25) is 0 Å². The Morgan fingerprint density at radius 3 is 2.47 bits per heavy atom. The van der Waals surface area contributed by atoms with Crippen LogP contribution in [0.15, 0.2) is 50.8 Å². The Balaban J connectivity index is 2.20. The van der Waals surface area contributed by atoms with Crippen molar-refractivity contribution in [1.82, 2.24) is 10.3 Å². The van der Waals surface area contributed by atoms with E-state index in [1.54, 1.807) is 18.2 Å². The molecule has 0 aliphatic heterocycles. The highest BCUT2D eigenvalue weighted by molar-refractivity contribution is 7.91. The van der Waals surface area contributed by atoms with Crippen LogP contribution in [0.3, 0.4) is 0 Å². The number of anilines is 2. The molecular weight excluding hydrogens is 264 g/mol. The number of rotatable bonds is 2. The van der Waals surface area contributed by atoms with Gasteiger partial charge >= 0.3 is 0 Å². The molecule has 1 heterocycles. The number of hydrogen-bond donors (Lipinski definition) is 2. The molecule has 0 bridgehead atoms. The maximum Gasteiger partial charge on any atom is 0.192 e. The summed E-state index contributed by atoms with van der Waals surface area (Å²) in [7, 11) is 0. The molecule has 7 heteroatoms.